The monoisotopic (exact) mass is 674 g/mol. The van der Waals surface area contributed by atoms with Gasteiger partial charge in [-0.25, -0.2) is 28.9 Å². The number of hydrogen-bond donors (Lipinski definition) is 6. The van der Waals surface area contributed by atoms with Crippen LogP contribution in [0.2, 0.25) is 0 Å². The highest BCUT2D eigenvalue weighted by Crippen LogP contribution is 2.54. The van der Waals surface area contributed by atoms with Gasteiger partial charge in [-0.15, -0.1) is 0 Å². The molecular formula is C21H25FN10O11P2. The Morgan fingerprint density at radius 1 is 0.956 bits per heavy atom. The van der Waals surface area contributed by atoms with Crippen molar-refractivity contribution in [3.05, 3.63) is 29.3 Å². The highest BCUT2D eigenvalue weighted by Gasteiger charge is 2.54. The highest BCUT2D eigenvalue weighted by atomic mass is 31.2. The summed E-state index contributed by atoms with van der Waals surface area (Å²) in [6.07, 6.45) is -8.60. The molecule has 0 spiro atoms. The summed E-state index contributed by atoms with van der Waals surface area (Å²) in [4.78, 5) is 56.0. The van der Waals surface area contributed by atoms with Crippen LogP contribution in [0.3, 0.4) is 0 Å². The smallest absolute Gasteiger partial charge is 0.390 e. The van der Waals surface area contributed by atoms with E-state index in [-0.39, 0.29) is 34.1 Å². The van der Waals surface area contributed by atoms with Crippen molar-refractivity contribution in [2.75, 3.05) is 30.8 Å². The zero-order chi connectivity index (χ0) is 31.8. The minimum Gasteiger partial charge on any atom is -0.390 e. The zero-order valence-electron chi connectivity index (χ0n) is 22.6. The standard InChI is InChI=1S/C21H25FN10O11P2/c22-10-14-9(42-20(10)31-5-27-11-15(23)25-4-26-16(11)31)2-39-44(35,36)3-7-13(33)8(1-40-45(37,38)43-14)41-19(7)32-6-28-12-17(32)29-21(24)30-18(12)34/h4-10,13-14,19-20,33H,1-3H2,(H,35,36)(H,37,38)(H2,23,25,26)(H3,24,29,30,34)/t7-,8-,9?,10-,13+,14-,19-,20-/m1/s1. The number of aliphatic hydroxyl groups excluding tert-OH is 1. The molecule has 0 saturated carbocycles. The van der Waals surface area contributed by atoms with Crippen molar-refractivity contribution < 1.29 is 51.5 Å². The van der Waals surface area contributed by atoms with Gasteiger partial charge in [0.2, 0.25) is 5.95 Å². The predicted octanol–water partition coefficient (Wildman–Crippen LogP) is -1.05. The van der Waals surface area contributed by atoms with Crippen LogP contribution in [0.5, 0.6) is 0 Å². The van der Waals surface area contributed by atoms with Crippen LogP contribution >= 0.6 is 15.4 Å². The van der Waals surface area contributed by atoms with Crippen LogP contribution in [0.1, 0.15) is 12.5 Å². The SMILES string of the molecule is Nc1nc2c(ncn2[C@@H]2O[C@@H]3COP(=O)(O)O[C@@H]4C(COP(=O)(O)C[C@@H]2[C@@H]3O)O[C@@H](n2cnc3c(N)ncnc32)[C@@H]4F)c(=O)[nH]1. The number of aromatic amines is 1. The van der Waals surface area contributed by atoms with Crippen molar-refractivity contribution in [3.63, 3.8) is 0 Å². The lowest BCUT2D eigenvalue weighted by atomic mass is 10.0. The maximum Gasteiger partial charge on any atom is 0.472 e. The average molecular weight is 674 g/mol. The van der Waals surface area contributed by atoms with Crippen molar-refractivity contribution >= 4 is 49.5 Å². The van der Waals surface area contributed by atoms with Gasteiger partial charge in [0, 0.05) is 5.92 Å². The molecule has 4 aromatic rings. The van der Waals surface area contributed by atoms with Gasteiger partial charge in [0.25, 0.3) is 5.56 Å². The summed E-state index contributed by atoms with van der Waals surface area (Å²) in [5.41, 5.74) is 10.8. The third-order valence-corrected chi connectivity index (χ3v) is 10.1. The van der Waals surface area contributed by atoms with Crippen LogP contribution in [-0.4, -0.2) is 104 Å². The van der Waals surface area contributed by atoms with Gasteiger partial charge in [-0.3, -0.25) is 32.5 Å². The molecule has 3 unspecified atom stereocenters. The summed E-state index contributed by atoms with van der Waals surface area (Å²) in [6.45, 7) is -1.57. The lowest BCUT2D eigenvalue weighted by Crippen LogP contribution is -2.34. The van der Waals surface area contributed by atoms with E-state index in [9.17, 15) is 28.8 Å². The topological polar surface area (TPSA) is 300 Å². The van der Waals surface area contributed by atoms with Crippen LogP contribution in [0.25, 0.3) is 22.3 Å². The van der Waals surface area contributed by atoms with Gasteiger partial charge in [0.05, 0.1) is 38.1 Å². The van der Waals surface area contributed by atoms with E-state index >= 15 is 4.39 Å². The van der Waals surface area contributed by atoms with Crippen molar-refractivity contribution in [2.24, 2.45) is 5.92 Å². The quantitative estimate of drug-likeness (QED) is 0.138. The second-order valence-electron chi connectivity index (χ2n) is 10.5. The minimum atomic E-state index is -5.10. The Hall–Kier alpha value is -3.43. The van der Waals surface area contributed by atoms with Crippen LogP contribution in [0.4, 0.5) is 16.2 Å². The molecule has 24 heteroatoms. The van der Waals surface area contributed by atoms with Gasteiger partial charge in [-0.2, -0.15) is 4.98 Å². The fraction of sp³-hybridized carbons (Fsp3) is 0.524. The predicted molar refractivity (Wildman–Crippen MR) is 146 cm³/mol. The molecule has 7 rings (SSSR count). The van der Waals surface area contributed by atoms with E-state index in [0.717, 1.165) is 17.2 Å². The number of nitrogen functional groups attached to an aromatic ring is 2. The van der Waals surface area contributed by atoms with Crippen molar-refractivity contribution in [1.82, 2.24) is 39.0 Å². The first kappa shape index (κ1) is 30.2. The van der Waals surface area contributed by atoms with Crippen LogP contribution in [0, 0.1) is 5.92 Å². The number of phosphoric acid groups is 1. The molecule has 3 fully saturated rings. The fourth-order valence-electron chi connectivity index (χ4n) is 5.64. The Bertz CT molecular complexity index is 1940. The van der Waals surface area contributed by atoms with Crippen molar-refractivity contribution in [3.8, 4) is 0 Å². The lowest BCUT2D eigenvalue weighted by molar-refractivity contribution is -0.0557. The Kier molecular flexibility index (Phi) is 7.28. The van der Waals surface area contributed by atoms with E-state index in [4.69, 9.17) is 34.5 Å². The zero-order valence-corrected chi connectivity index (χ0v) is 24.4. The van der Waals surface area contributed by atoms with Gasteiger partial charge in [-0.1, -0.05) is 0 Å². The molecule has 21 nitrogen and oxygen atoms in total. The van der Waals surface area contributed by atoms with Gasteiger partial charge >= 0.3 is 15.4 Å². The number of halogens is 1. The normalized spacial score (nSPS) is 37.7. The van der Waals surface area contributed by atoms with E-state index in [0.29, 0.717) is 0 Å². The third kappa shape index (κ3) is 5.31. The maximum absolute atomic E-state index is 15.9. The molecule has 2 bridgehead atoms. The molecule has 10 atom stereocenters. The Balaban J connectivity index is 1.21. The molecule has 0 aliphatic carbocycles. The van der Waals surface area contributed by atoms with Gasteiger partial charge in [0.1, 0.15) is 36.4 Å². The largest absolute Gasteiger partial charge is 0.472 e. The molecule has 8 N–H and O–H groups in total. The molecule has 242 valence electrons. The third-order valence-electron chi connectivity index (χ3n) is 7.69. The number of anilines is 2. The summed E-state index contributed by atoms with van der Waals surface area (Å²) < 4.78 is 71.9. The number of aromatic nitrogens is 8. The number of hydrogen-bond acceptors (Lipinski definition) is 16. The van der Waals surface area contributed by atoms with Crippen molar-refractivity contribution in [1.29, 1.82) is 0 Å². The number of nitrogens with one attached hydrogen (secondary N) is 1. The number of H-pyrrole nitrogens is 1. The van der Waals surface area contributed by atoms with E-state index in [1.165, 1.54) is 10.9 Å². The molecule has 3 saturated heterocycles. The summed E-state index contributed by atoms with van der Waals surface area (Å²) >= 11 is 0. The van der Waals surface area contributed by atoms with E-state index in [1.54, 1.807) is 0 Å². The molecule has 0 radical (unpaired) electrons. The molecule has 0 amide bonds. The van der Waals surface area contributed by atoms with E-state index in [1.807, 2.05) is 0 Å². The lowest BCUT2D eigenvalue weighted by Gasteiger charge is -2.25. The molecule has 3 aliphatic heterocycles. The second kappa shape index (κ2) is 10.8. The summed E-state index contributed by atoms with van der Waals surface area (Å²) in [5.74, 6) is -1.48. The summed E-state index contributed by atoms with van der Waals surface area (Å²) in [5, 5.41) is 11.1. The van der Waals surface area contributed by atoms with Gasteiger partial charge in [-0.05, 0) is 0 Å². The number of nitrogens with zero attached hydrogens (tertiary/aromatic N) is 7. The van der Waals surface area contributed by atoms with Gasteiger partial charge < -0.3 is 40.4 Å². The number of imidazole rings is 2. The number of phosphoric ester groups is 1. The minimum absolute atomic E-state index is 0.0101. The first-order valence-electron chi connectivity index (χ1n) is 13.2. The number of fused-ring (bicyclic) bond motifs is 5. The highest BCUT2D eigenvalue weighted by molar-refractivity contribution is 7.52. The fourth-order valence-corrected chi connectivity index (χ4v) is 8.01. The summed E-state index contributed by atoms with van der Waals surface area (Å²) in [7, 11) is -9.76. The Morgan fingerprint density at radius 3 is 2.42 bits per heavy atom. The second-order valence-corrected chi connectivity index (χ2v) is 13.8. The Labute approximate surface area is 249 Å². The maximum atomic E-state index is 15.9. The number of aliphatic hydroxyl groups is 1. The number of nitrogens with two attached hydrogens (primary N) is 2. The molecule has 7 heterocycles. The first-order chi connectivity index (χ1) is 21.3. The Morgan fingerprint density at radius 2 is 1.64 bits per heavy atom. The summed E-state index contributed by atoms with van der Waals surface area (Å²) in [6, 6.07) is 0. The number of alkyl halides is 1. The van der Waals surface area contributed by atoms with Crippen LogP contribution < -0.4 is 17.0 Å². The number of ether oxygens (including phenoxy) is 2. The van der Waals surface area contributed by atoms with Crippen molar-refractivity contribution in [2.45, 2.75) is 43.0 Å². The number of rotatable bonds is 2. The average Bonchev–Trinajstić information content (AvgIpc) is 3.72. The molecular weight excluding hydrogens is 649 g/mol. The molecule has 45 heavy (non-hydrogen) atoms. The van der Waals surface area contributed by atoms with E-state index in [2.05, 4.69) is 29.9 Å². The van der Waals surface area contributed by atoms with Crippen LogP contribution in [-0.2, 0) is 32.2 Å². The van der Waals surface area contributed by atoms with Crippen LogP contribution in [0.15, 0.2) is 23.8 Å². The molecule has 0 aromatic carbocycles. The van der Waals surface area contributed by atoms with E-state index < -0.39 is 89.3 Å². The van der Waals surface area contributed by atoms with Gasteiger partial charge in [0.15, 0.2) is 35.0 Å². The first-order valence-corrected chi connectivity index (χ1v) is 16.5. The molecule has 4 aromatic heterocycles. The molecule has 3 aliphatic rings.